The van der Waals surface area contributed by atoms with Gasteiger partial charge in [0.1, 0.15) is 6.42 Å². The Morgan fingerprint density at radius 3 is 3.18 bits per heavy atom. The second-order valence-electron chi connectivity index (χ2n) is 2.48. The summed E-state index contributed by atoms with van der Waals surface area (Å²) in [5.74, 6) is -0.252. The van der Waals surface area contributed by atoms with E-state index in [1.165, 1.54) is 6.92 Å². The summed E-state index contributed by atoms with van der Waals surface area (Å²) in [5.41, 5.74) is 0. The third-order valence-corrected chi connectivity index (χ3v) is 1.73. The van der Waals surface area contributed by atoms with E-state index in [0.29, 0.717) is 5.03 Å². The van der Waals surface area contributed by atoms with Crippen LogP contribution in [0.25, 0.3) is 0 Å². The van der Waals surface area contributed by atoms with Crippen molar-refractivity contribution in [1.82, 2.24) is 0 Å². The van der Waals surface area contributed by atoms with Gasteiger partial charge in [-0.2, -0.15) is 0 Å². The predicted octanol–water partition coefficient (Wildman–Crippen LogP) is 2.04. The molecule has 2 nitrogen and oxygen atoms in total. The van der Waals surface area contributed by atoms with Crippen molar-refractivity contribution in [2.45, 2.75) is 25.9 Å². The predicted molar refractivity (Wildman–Crippen MR) is 43.0 cm³/mol. The first-order valence-electron chi connectivity index (χ1n) is 3.56. The van der Waals surface area contributed by atoms with Crippen molar-refractivity contribution in [1.29, 1.82) is 0 Å². The molecule has 0 unspecified atom stereocenters. The van der Waals surface area contributed by atoms with Gasteiger partial charge in [-0.25, -0.2) is 0 Å². The summed E-state index contributed by atoms with van der Waals surface area (Å²) in [6.45, 7) is 1.40. The lowest BCUT2D eigenvalue weighted by Crippen LogP contribution is -2.18. The molecule has 1 aliphatic rings. The Bertz CT molecular complexity index is 187. The van der Waals surface area contributed by atoms with E-state index in [9.17, 15) is 4.79 Å². The quantitative estimate of drug-likeness (QED) is 0.448. The maximum absolute atomic E-state index is 10.5. The van der Waals surface area contributed by atoms with Crippen LogP contribution in [0.3, 0.4) is 0 Å². The zero-order valence-electron chi connectivity index (χ0n) is 6.34. The van der Waals surface area contributed by atoms with Crippen molar-refractivity contribution in [2.24, 2.45) is 0 Å². The van der Waals surface area contributed by atoms with E-state index in [4.69, 9.17) is 16.3 Å². The molecule has 0 heterocycles. The fourth-order valence-electron chi connectivity index (χ4n) is 1.02. The van der Waals surface area contributed by atoms with Crippen molar-refractivity contribution >= 4 is 17.6 Å². The number of allylic oxidation sites excluding steroid dienone is 1. The molecule has 0 amide bonds. The Hall–Kier alpha value is -0.630. The van der Waals surface area contributed by atoms with E-state index in [1.807, 2.05) is 6.08 Å². The summed E-state index contributed by atoms with van der Waals surface area (Å²) >= 11 is 5.71. The van der Waals surface area contributed by atoms with Gasteiger partial charge in [0, 0.05) is 19.8 Å². The van der Waals surface area contributed by atoms with Crippen LogP contribution in [0.2, 0.25) is 0 Å². The van der Waals surface area contributed by atoms with Gasteiger partial charge >= 0.3 is 5.97 Å². The van der Waals surface area contributed by atoms with Gasteiger partial charge in [-0.15, -0.1) is 0 Å². The van der Waals surface area contributed by atoms with E-state index < -0.39 is 0 Å². The smallest absolute Gasteiger partial charge is 0.304 e. The van der Waals surface area contributed by atoms with Crippen molar-refractivity contribution in [3.63, 3.8) is 0 Å². The van der Waals surface area contributed by atoms with Crippen LogP contribution in [-0.2, 0) is 9.53 Å². The number of rotatable bonds is 1. The molecule has 0 aromatic rings. The summed E-state index contributed by atoms with van der Waals surface area (Å²) < 4.78 is 4.94. The maximum Gasteiger partial charge on any atom is 0.304 e. The number of carbonyl (C=O) groups is 1. The Labute approximate surface area is 71.2 Å². The maximum atomic E-state index is 10.5. The van der Waals surface area contributed by atoms with E-state index in [-0.39, 0.29) is 12.1 Å². The van der Waals surface area contributed by atoms with E-state index in [0.717, 1.165) is 12.8 Å². The number of esters is 1. The molecule has 0 aromatic carbocycles. The number of carbonyl (C=O) groups excluding carboxylic acids is 1. The average molecular weight is 174 g/mol. The van der Waals surface area contributed by atoms with Crippen molar-refractivity contribution in [3.8, 4) is 0 Å². The first kappa shape index (κ1) is 8.47. The van der Waals surface area contributed by atoms with Crippen LogP contribution < -0.4 is 0 Å². The third kappa shape index (κ3) is 2.85. The zero-order valence-corrected chi connectivity index (χ0v) is 7.10. The fourth-order valence-corrected chi connectivity index (χ4v) is 1.27. The molecule has 1 aliphatic carbocycles. The Morgan fingerprint density at radius 2 is 2.64 bits per heavy atom. The number of halogens is 1. The van der Waals surface area contributed by atoms with Crippen LogP contribution in [0.5, 0.6) is 0 Å². The van der Waals surface area contributed by atoms with Crippen molar-refractivity contribution in [3.05, 3.63) is 17.5 Å². The monoisotopic (exact) mass is 173 g/mol. The molecule has 0 N–H and O–H groups in total. The number of hydrogen-bond donors (Lipinski definition) is 0. The summed E-state index contributed by atoms with van der Waals surface area (Å²) in [6.07, 6.45) is 5.28. The SMILES string of the molecule is CC(=O)O[C@@H]1[CH+]C(Cl)=CCC1. The van der Waals surface area contributed by atoms with E-state index in [1.54, 1.807) is 6.42 Å². The van der Waals surface area contributed by atoms with Crippen molar-refractivity contribution < 1.29 is 9.53 Å². The Kier molecular flexibility index (Phi) is 2.83. The summed E-state index contributed by atoms with van der Waals surface area (Å²) in [6, 6.07) is 0. The lowest BCUT2D eigenvalue weighted by atomic mass is 10.0. The van der Waals surface area contributed by atoms with Crippen molar-refractivity contribution in [2.75, 3.05) is 0 Å². The molecule has 11 heavy (non-hydrogen) atoms. The van der Waals surface area contributed by atoms with Crippen LogP contribution >= 0.6 is 11.6 Å². The molecule has 0 aromatic heterocycles. The van der Waals surface area contributed by atoms with Gasteiger partial charge in [0.2, 0.25) is 0 Å². The van der Waals surface area contributed by atoms with Crippen LogP contribution in [0, 0.1) is 6.42 Å². The summed E-state index contributed by atoms with van der Waals surface area (Å²) in [7, 11) is 0. The van der Waals surface area contributed by atoms with Crippen LogP contribution in [0.1, 0.15) is 19.8 Å². The molecular weight excluding hydrogens is 164 g/mol. The third-order valence-electron chi connectivity index (χ3n) is 1.45. The topological polar surface area (TPSA) is 26.3 Å². The van der Waals surface area contributed by atoms with Crippen LogP contribution in [0.4, 0.5) is 0 Å². The Morgan fingerprint density at radius 1 is 1.91 bits per heavy atom. The molecule has 60 valence electrons. The number of hydrogen-bond acceptors (Lipinski definition) is 2. The molecular formula is C8H10ClO2+. The Balaban J connectivity index is 2.38. The molecule has 0 saturated carbocycles. The normalized spacial score (nSPS) is 23.5. The molecule has 1 rings (SSSR count). The number of ether oxygens (including phenoxy) is 1. The van der Waals surface area contributed by atoms with E-state index in [2.05, 4.69) is 0 Å². The van der Waals surface area contributed by atoms with Gasteiger partial charge in [0.15, 0.2) is 11.1 Å². The largest absolute Gasteiger partial charge is 0.439 e. The second-order valence-corrected chi connectivity index (χ2v) is 2.92. The van der Waals surface area contributed by atoms with Gasteiger partial charge in [0.25, 0.3) is 0 Å². The lowest BCUT2D eigenvalue weighted by molar-refractivity contribution is -0.144. The molecule has 0 spiro atoms. The average Bonchev–Trinajstić information content (AvgIpc) is 1.85. The van der Waals surface area contributed by atoms with Gasteiger partial charge < -0.3 is 4.74 Å². The molecule has 0 fully saturated rings. The minimum atomic E-state index is -0.252. The summed E-state index contributed by atoms with van der Waals surface area (Å²) in [4.78, 5) is 10.5. The lowest BCUT2D eigenvalue weighted by Gasteiger charge is -2.12. The molecule has 1 atom stereocenters. The first-order chi connectivity index (χ1) is 5.18. The van der Waals surface area contributed by atoms with Gasteiger partial charge in [-0.1, -0.05) is 0 Å². The molecule has 0 aliphatic heterocycles. The highest BCUT2D eigenvalue weighted by atomic mass is 35.5. The minimum absolute atomic E-state index is 0.120. The molecule has 0 saturated heterocycles. The van der Waals surface area contributed by atoms with Crippen LogP contribution in [-0.4, -0.2) is 12.1 Å². The van der Waals surface area contributed by atoms with Gasteiger partial charge in [0.05, 0.1) is 6.08 Å². The summed E-state index contributed by atoms with van der Waals surface area (Å²) in [5, 5.41) is 0.683. The highest BCUT2D eigenvalue weighted by Gasteiger charge is 2.24. The fraction of sp³-hybridized carbons (Fsp3) is 0.500. The van der Waals surface area contributed by atoms with Gasteiger partial charge in [-0.3, -0.25) is 4.79 Å². The highest BCUT2D eigenvalue weighted by molar-refractivity contribution is 6.30. The molecule has 0 radical (unpaired) electrons. The van der Waals surface area contributed by atoms with E-state index >= 15 is 0 Å². The first-order valence-corrected chi connectivity index (χ1v) is 3.94. The molecule has 3 heteroatoms. The minimum Gasteiger partial charge on any atom is -0.439 e. The molecule has 0 bridgehead atoms. The zero-order chi connectivity index (χ0) is 8.27. The second kappa shape index (κ2) is 3.67. The van der Waals surface area contributed by atoms with Crippen LogP contribution in [0.15, 0.2) is 11.1 Å². The standard InChI is InChI=1S/C8H10ClO2/c1-6(10)11-8-4-2-3-7(9)5-8/h3,5,8H,2,4H2,1H3/q+1/t8-/m0/s1. The van der Waals surface area contributed by atoms with Gasteiger partial charge in [-0.05, 0) is 11.6 Å². The highest BCUT2D eigenvalue weighted by Crippen LogP contribution is 2.22.